The standard InChI is InChI=1S/2C29H31.C12H7Si.2ClH.Zr/c2*1-5-6-12-21-19-23-17-18-27(29(2,3)4)28(26(23)20-21)25-16-11-10-15-24(25)22-13-8-7-9-14-22;1-3-7-11-9(5-1)10-6-2-4-8-12(10)13-11;;;/h2*7-11,13-20H,5-6,12H2,1-4H3;1-7H;2*1H;/q3*-1;;;+2/p-2. The maximum Gasteiger partial charge on any atom is 0.0920 e. The minimum Gasteiger partial charge on any atom is -0.184 e. The van der Waals surface area contributed by atoms with Crippen molar-refractivity contribution in [3.05, 3.63) is 229 Å². The fraction of sp³-hybridized carbons (Fsp3) is 0.229. The van der Waals surface area contributed by atoms with Crippen LogP contribution in [0, 0.1) is 6.07 Å². The van der Waals surface area contributed by atoms with Gasteiger partial charge in [0, 0.05) is 0 Å². The van der Waals surface area contributed by atoms with Crippen molar-refractivity contribution in [1.29, 1.82) is 0 Å². The number of hydrogen-bond acceptors (Lipinski definition) is 0. The second-order valence-electron chi connectivity index (χ2n) is 21.4. The summed E-state index contributed by atoms with van der Waals surface area (Å²) in [6.07, 6.45) is 7.29. The predicted molar refractivity (Wildman–Crippen MR) is 323 cm³/mol. The first kappa shape index (κ1) is 54.9. The van der Waals surface area contributed by atoms with Gasteiger partial charge in [-0.15, -0.1) is 74.6 Å². The van der Waals surface area contributed by atoms with Crippen LogP contribution in [0.5, 0.6) is 0 Å². The van der Waals surface area contributed by atoms with Gasteiger partial charge in [0.1, 0.15) is 0 Å². The van der Waals surface area contributed by atoms with Crippen molar-refractivity contribution in [3.63, 3.8) is 0 Å². The summed E-state index contributed by atoms with van der Waals surface area (Å²) in [6.45, 7) is 18.5. The molecule has 0 bridgehead atoms. The number of rotatable bonds is 10. The number of benzene rings is 8. The van der Waals surface area contributed by atoms with Crippen molar-refractivity contribution in [3.8, 4) is 55.6 Å². The van der Waals surface area contributed by atoms with Gasteiger partial charge in [0.05, 0.1) is 9.52 Å². The molecular weight excluding hydrogens is 1030 g/mol. The van der Waals surface area contributed by atoms with Crippen LogP contribution < -0.4 is 10.4 Å². The molecule has 0 aliphatic carbocycles. The van der Waals surface area contributed by atoms with Crippen LogP contribution in [-0.4, -0.2) is 9.52 Å². The van der Waals surface area contributed by atoms with Crippen molar-refractivity contribution in [2.75, 3.05) is 0 Å². The van der Waals surface area contributed by atoms with Gasteiger partial charge in [0.15, 0.2) is 0 Å². The van der Waals surface area contributed by atoms with Crippen LogP contribution in [0.25, 0.3) is 77.2 Å². The largest absolute Gasteiger partial charge is 0.184 e. The molecule has 2 radical (unpaired) electrons. The Hall–Kier alpha value is -5.34. The van der Waals surface area contributed by atoms with Gasteiger partial charge in [0.25, 0.3) is 0 Å². The third kappa shape index (κ3) is 13.0. The van der Waals surface area contributed by atoms with Crippen molar-refractivity contribution in [1.82, 2.24) is 0 Å². The van der Waals surface area contributed by atoms with Gasteiger partial charge in [-0.05, 0) is 57.1 Å². The van der Waals surface area contributed by atoms with Crippen molar-refractivity contribution in [2.24, 2.45) is 0 Å². The van der Waals surface area contributed by atoms with Crippen LogP contribution in [0.15, 0.2) is 200 Å². The molecule has 0 saturated heterocycles. The minimum atomic E-state index is -0.826. The van der Waals surface area contributed by atoms with Gasteiger partial charge in [-0.3, -0.25) is 0 Å². The van der Waals surface area contributed by atoms with E-state index in [4.69, 9.17) is 17.0 Å². The Morgan fingerprint density at radius 3 is 1.28 bits per heavy atom. The van der Waals surface area contributed by atoms with Gasteiger partial charge in [-0.25, -0.2) is 0 Å². The van der Waals surface area contributed by atoms with Crippen molar-refractivity contribution in [2.45, 2.75) is 105 Å². The van der Waals surface area contributed by atoms with Crippen LogP contribution in [0.3, 0.4) is 0 Å². The summed E-state index contributed by atoms with van der Waals surface area (Å²) < 4.78 is 0. The molecule has 1 aliphatic rings. The molecule has 0 spiro atoms. The zero-order valence-electron chi connectivity index (χ0n) is 44.6. The molecule has 74 heavy (non-hydrogen) atoms. The van der Waals surface area contributed by atoms with Crippen LogP contribution in [0.1, 0.15) is 103 Å². The van der Waals surface area contributed by atoms with E-state index in [9.17, 15) is 0 Å². The fourth-order valence-electron chi connectivity index (χ4n) is 10.4. The van der Waals surface area contributed by atoms with Crippen molar-refractivity contribution < 1.29 is 20.8 Å². The molecule has 0 fully saturated rings. The van der Waals surface area contributed by atoms with E-state index in [-0.39, 0.29) is 10.8 Å². The molecule has 0 N–H and O–H groups in total. The quantitative estimate of drug-likeness (QED) is 0.0946. The number of fused-ring (bicyclic) bond motifs is 5. The first-order chi connectivity index (χ1) is 35.8. The Labute approximate surface area is 464 Å². The molecule has 0 saturated carbocycles. The van der Waals surface area contributed by atoms with Crippen molar-refractivity contribution >= 4 is 58.5 Å². The summed E-state index contributed by atoms with van der Waals surface area (Å²) in [5.74, 6) is 0. The summed E-state index contributed by atoms with van der Waals surface area (Å²) >= 11 is -0.826. The second kappa shape index (κ2) is 25.5. The smallest absolute Gasteiger partial charge is 0.0920 e. The van der Waals surface area contributed by atoms with E-state index in [2.05, 4.69) is 256 Å². The number of aryl methyl sites for hydroxylation is 2. The topological polar surface area (TPSA) is 0 Å². The molecule has 1 aliphatic heterocycles. The maximum absolute atomic E-state index is 4.93. The Bertz CT molecular complexity index is 3170. The zero-order valence-corrected chi connectivity index (χ0v) is 49.5. The number of hydrogen-bond donors (Lipinski definition) is 0. The van der Waals surface area contributed by atoms with E-state index in [0.717, 1.165) is 22.4 Å². The molecule has 374 valence electrons. The Kier molecular flexibility index (Phi) is 18.9. The van der Waals surface area contributed by atoms with E-state index in [1.54, 1.807) is 0 Å². The predicted octanol–water partition coefficient (Wildman–Crippen LogP) is 19.6. The average Bonchev–Trinajstić information content (AvgIpc) is 4.15. The van der Waals surface area contributed by atoms with Gasteiger partial charge in [0.2, 0.25) is 0 Å². The minimum absolute atomic E-state index is 0.0776. The Morgan fingerprint density at radius 2 is 0.851 bits per heavy atom. The molecule has 0 aromatic heterocycles. The first-order valence-corrected chi connectivity index (χ1v) is 33.8. The van der Waals surface area contributed by atoms with E-state index in [0.29, 0.717) is 0 Å². The molecule has 0 amide bonds. The van der Waals surface area contributed by atoms with Crippen LogP contribution in [0.2, 0.25) is 0 Å². The summed E-state index contributed by atoms with van der Waals surface area (Å²) in [5, 5.41) is 8.34. The molecule has 4 heteroatoms. The monoisotopic (exact) mass is 1100 g/mol. The second-order valence-corrected chi connectivity index (χ2v) is 26.5. The normalized spacial score (nSPS) is 11.6. The number of unbranched alkanes of at least 4 members (excludes halogenated alkanes) is 2. The Balaban J connectivity index is 0.000000153. The fourth-order valence-corrected chi connectivity index (χ4v) is 11.7. The van der Waals surface area contributed by atoms with E-state index in [1.165, 1.54) is 135 Å². The third-order valence-electron chi connectivity index (χ3n) is 14.0. The zero-order chi connectivity index (χ0) is 52.2. The van der Waals surface area contributed by atoms with Crippen LogP contribution >= 0.6 is 17.0 Å². The molecule has 0 atom stereocenters. The van der Waals surface area contributed by atoms with E-state index >= 15 is 0 Å². The van der Waals surface area contributed by atoms with E-state index in [1.807, 2.05) is 6.07 Å². The summed E-state index contributed by atoms with van der Waals surface area (Å²) in [7, 11) is 10.7. The van der Waals surface area contributed by atoms with E-state index < -0.39 is 20.8 Å². The summed E-state index contributed by atoms with van der Waals surface area (Å²) in [4.78, 5) is 0. The molecular formula is C70H69Cl2SiZr-3. The molecule has 1 heterocycles. The summed E-state index contributed by atoms with van der Waals surface area (Å²) in [5.41, 5.74) is 19.3. The molecule has 10 aromatic rings. The average molecular weight is 1100 g/mol. The summed E-state index contributed by atoms with van der Waals surface area (Å²) in [6, 6.07) is 76.5. The maximum atomic E-state index is 4.93. The molecule has 10 aromatic carbocycles. The molecule has 0 unspecified atom stereocenters. The number of halogens is 2. The van der Waals surface area contributed by atoms with Gasteiger partial charge in [-0.1, -0.05) is 248 Å². The Morgan fingerprint density at radius 1 is 0.459 bits per heavy atom. The molecule has 0 nitrogen and oxygen atoms in total. The van der Waals surface area contributed by atoms with Crippen LogP contribution in [0.4, 0.5) is 0 Å². The first-order valence-electron chi connectivity index (χ1n) is 26.4. The third-order valence-corrected chi connectivity index (χ3v) is 15.4. The van der Waals surface area contributed by atoms with Gasteiger partial charge >= 0.3 is 37.9 Å². The van der Waals surface area contributed by atoms with Crippen LogP contribution in [-0.2, 0) is 44.5 Å². The molecule has 11 rings (SSSR count). The SMILES string of the molecule is CCCCc1cc2c(-c3ccccc3-c3ccccc3)c(C(C)(C)C)ccc2[cH-]1.CCCCc1cc2c(-c3ccccc3-c3ccccc3)c(C(C)(C)C)ccc2[cH-]1.[Cl][Zr][Cl].[c-]1cccc2c1[Si]c1ccccc1-2. The van der Waals surface area contributed by atoms with Gasteiger partial charge in [-0.2, -0.15) is 41.6 Å². The van der Waals surface area contributed by atoms with Gasteiger partial charge < -0.3 is 0 Å².